The van der Waals surface area contributed by atoms with E-state index in [-0.39, 0.29) is 0 Å². The van der Waals surface area contributed by atoms with Gasteiger partial charge in [-0.1, -0.05) is 11.6 Å². The Kier molecular flexibility index (Phi) is 5.97. The summed E-state index contributed by atoms with van der Waals surface area (Å²) in [6, 6.07) is 1.74. The van der Waals surface area contributed by atoms with Gasteiger partial charge in [-0.15, -0.1) is 0 Å². The lowest BCUT2D eigenvalue weighted by Crippen LogP contribution is -2.45. The first kappa shape index (κ1) is 15.4. The zero-order valence-corrected chi connectivity index (χ0v) is 12.9. The Labute approximate surface area is 125 Å². The van der Waals surface area contributed by atoms with Crippen LogP contribution in [0.4, 0.5) is 5.82 Å². The van der Waals surface area contributed by atoms with Gasteiger partial charge in [0.2, 0.25) is 0 Å². The number of nitrogens with zero attached hydrogens (tertiary/aromatic N) is 4. The fourth-order valence-corrected chi connectivity index (χ4v) is 2.36. The lowest BCUT2D eigenvalue weighted by Gasteiger charge is -2.32. The summed E-state index contributed by atoms with van der Waals surface area (Å²) in [5.41, 5.74) is 0. The van der Waals surface area contributed by atoms with Crippen molar-refractivity contribution in [1.82, 2.24) is 19.8 Å². The van der Waals surface area contributed by atoms with Crippen molar-refractivity contribution in [1.29, 1.82) is 0 Å². The van der Waals surface area contributed by atoms with Crippen molar-refractivity contribution in [2.24, 2.45) is 0 Å². The van der Waals surface area contributed by atoms with E-state index in [2.05, 4.69) is 32.1 Å². The van der Waals surface area contributed by atoms with Gasteiger partial charge < -0.3 is 15.0 Å². The van der Waals surface area contributed by atoms with Gasteiger partial charge in [-0.05, 0) is 7.05 Å². The third-order valence-electron chi connectivity index (χ3n) is 3.34. The van der Waals surface area contributed by atoms with Crippen molar-refractivity contribution < 1.29 is 4.74 Å². The average molecular weight is 300 g/mol. The smallest absolute Gasteiger partial charge is 0.158 e. The van der Waals surface area contributed by atoms with Crippen LogP contribution in [0.5, 0.6) is 0 Å². The van der Waals surface area contributed by atoms with Crippen LogP contribution in [-0.2, 0) is 11.3 Å². The van der Waals surface area contributed by atoms with Crippen molar-refractivity contribution in [3.63, 3.8) is 0 Å². The van der Waals surface area contributed by atoms with E-state index in [1.165, 1.54) is 0 Å². The molecule has 1 aliphatic heterocycles. The van der Waals surface area contributed by atoms with Crippen LogP contribution in [0, 0.1) is 0 Å². The number of hydrogen-bond acceptors (Lipinski definition) is 6. The van der Waals surface area contributed by atoms with E-state index in [0.29, 0.717) is 17.6 Å². The predicted octanol–water partition coefficient (Wildman–Crippen LogP) is 0.936. The molecule has 1 saturated heterocycles. The van der Waals surface area contributed by atoms with Crippen LogP contribution in [-0.4, -0.2) is 73.2 Å². The monoisotopic (exact) mass is 299 g/mol. The number of aromatic nitrogens is 2. The third kappa shape index (κ3) is 4.86. The van der Waals surface area contributed by atoms with E-state index in [0.717, 1.165) is 45.1 Å². The summed E-state index contributed by atoms with van der Waals surface area (Å²) in [4.78, 5) is 13.3. The van der Waals surface area contributed by atoms with Crippen LogP contribution in [0.1, 0.15) is 5.82 Å². The normalized spacial score (nSPS) is 17.4. The van der Waals surface area contributed by atoms with Crippen LogP contribution in [0.3, 0.4) is 0 Å². The van der Waals surface area contributed by atoms with Crippen LogP contribution >= 0.6 is 11.6 Å². The zero-order chi connectivity index (χ0) is 14.4. The SMILES string of the molecule is COCc1nc(Cl)cc(NCCN2CCN(C)CC2)n1. The Morgan fingerprint density at radius 2 is 2.05 bits per heavy atom. The molecule has 0 radical (unpaired) electrons. The summed E-state index contributed by atoms with van der Waals surface area (Å²) in [6.45, 7) is 6.75. The summed E-state index contributed by atoms with van der Waals surface area (Å²) in [5, 5.41) is 3.74. The first-order valence-corrected chi connectivity index (χ1v) is 7.22. The second-order valence-electron chi connectivity index (χ2n) is 5.00. The topological polar surface area (TPSA) is 53.5 Å². The van der Waals surface area contributed by atoms with Crippen LogP contribution in [0.2, 0.25) is 5.15 Å². The molecule has 6 nitrogen and oxygen atoms in total. The maximum absolute atomic E-state index is 5.97. The Bertz CT molecular complexity index is 423. The van der Waals surface area contributed by atoms with Crippen LogP contribution < -0.4 is 5.32 Å². The minimum atomic E-state index is 0.369. The molecular weight excluding hydrogens is 278 g/mol. The molecule has 1 N–H and O–H groups in total. The third-order valence-corrected chi connectivity index (χ3v) is 3.54. The van der Waals surface area contributed by atoms with E-state index in [1.54, 1.807) is 13.2 Å². The average Bonchev–Trinajstić information content (AvgIpc) is 2.41. The second kappa shape index (κ2) is 7.73. The molecule has 0 amide bonds. The van der Waals surface area contributed by atoms with Crippen LogP contribution in [0.25, 0.3) is 0 Å². The number of hydrogen-bond donors (Lipinski definition) is 1. The Hall–Kier alpha value is -0.950. The molecule has 2 heterocycles. The van der Waals surface area contributed by atoms with Gasteiger partial charge in [0.15, 0.2) is 5.82 Å². The standard InChI is InChI=1S/C13H22ClN5O/c1-18-5-7-19(8-6-18)4-3-15-12-9-11(14)16-13(17-12)10-20-2/h9H,3-8,10H2,1-2H3,(H,15,16,17). The van der Waals surface area contributed by atoms with E-state index >= 15 is 0 Å². The molecule has 0 bridgehead atoms. The number of nitrogens with one attached hydrogen (secondary N) is 1. The molecule has 0 atom stereocenters. The maximum atomic E-state index is 5.97. The molecule has 0 aliphatic carbocycles. The summed E-state index contributed by atoms with van der Waals surface area (Å²) >= 11 is 5.97. The van der Waals surface area contributed by atoms with Crippen molar-refractivity contribution in [2.45, 2.75) is 6.61 Å². The fourth-order valence-electron chi connectivity index (χ4n) is 2.16. The Morgan fingerprint density at radius 1 is 1.30 bits per heavy atom. The van der Waals surface area contributed by atoms with Gasteiger partial charge in [-0.2, -0.15) is 0 Å². The highest BCUT2D eigenvalue weighted by atomic mass is 35.5. The maximum Gasteiger partial charge on any atom is 0.158 e. The molecule has 1 aromatic heterocycles. The first-order valence-electron chi connectivity index (χ1n) is 6.84. The lowest BCUT2D eigenvalue weighted by atomic mass is 10.3. The molecule has 0 aromatic carbocycles. The van der Waals surface area contributed by atoms with Crippen molar-refractivity contribution in [2.75, 3.05) is 58.7 Å². The van der Waals surface area contributed by atoms with Gasteiger partial charge in [0.25, 0.3) is 0 Å². The quantitative estimate of drug-likeness (QED) is 0.789. The van der Waals surface area contributed by atoms with E-state index in [1.807, 2.05) is 0 Å². The molecule has 0 unspecified atom stereocenters. The molecule has 112 valence electrons. The molecule has 0 saturated carbocycles. The number of ether oxygens (including phenoxy) is 1. The number of halogens is 1. The molecular formula is C13H22ClN5O. The van der Waals surface area contributed by atoms with Crippen molar-refractivity contribution in [3.8, 4) is 0 Å². The van der Waals surface area contributed by atoms with Gasteiger partial charge in [-0.3, -0.25) is 4.90 Å². The second-order valence-corrected chi connectivity index (χ2v) is 5.38. The predicted molar refractivity (Wildman–Crippen MR) is 80.2 cm³/mol. The Balaban J connectivity index is 1.78. The number of piperazine rings is 1. The number of likely N-dealkylation sites (N-methyl/N-ethyl adjacent to an activating group) is 1. The number of methoxy groups -OCH3 is 1. The molecule has 1 aliphatic rings. The summed E-state index contributed by atoms with van der Waals surface area (Å²) in [7, 11) is 3.78. The summed E-state index contributed by atoms with van der Waals surface area (Å²) in [6.07, 6.45) is 0. The number of rotatable bonds is 6. The van der Waals surface area contributed by atoms with E-state index in [9.17, 15) is 0 Å². The Morgan fingerprint density at radius 3 is 2.75 bits per heavy atom. The minimum Gasteiger partial charge on any atom is -0.377 e. The van der Waals surface area contributed by atoms with Crippen molar-refractivity contribution >= 4 is 17.4 Å². The van der Waals surface area contributed by atoms with Crippen molar-refractivity contribution in [3.05, 3.63) is 17.0 Å². The molecule has 2 rings (SSSR count). The molecule has 0 spiro atoms. The van der Waals surface area contributed by atoms with Gasteiger partial charge >= 0.3 is 0 Å². The minimum absolute atomic E-state index is 0.369. The lowest BCUT2D eigenvalue weighted by molar-refractivity contribution is 0.158. The molecule has 20 heavy (non-hydrogen) atoms. The summed E-state index contributed by atoms with van der Waals surface area (Å²) < 4.78 is 5.02. The highest BCUT2D eigenvalue weighted by Gasteiger charge is 2.13. The first-order chi connectivity index (χ1) is 9.67. The van der Waals surface area contributed by atoms with Gasteiger partial charge in [-0.25, -0.2) is 9.97 Å². The molecule has 1 fully saturated rings. The van der Waals surface area contributed by atoms with E-state index in [4.69, 9.17) is 16.3 Å². The fraction of sp³-hybridized carbons (Fsp3) is 0.692. The zero-order valence-electron chi connectivity index (χ0n) is 12.1. The molecule has 1 aromatic rings. The highest BCUT2D eigenvalue weighted by molar-refractivity contribution is 6.29. The molecule has 7 heteroatoms. The van der Waals surface area contributed by atoms with Crippen LogP contribution in [0.15, 0.2) is 6.07 Å². The van der Waals surface area contributed by atoms with Gasteiger partial charge in [0.1, 0.15) is 17.6 Å². The highest BCUT2D eigenvalue weighted by Crippen LogP contribution is 2.12. The van der Waals surface area contributed by atoms with E-state index < -0.39 is 0 Å². The van der Waals surface area contributed by atoms with Gasteiger partial charge in [0.05, 0.1) is 0 Å². The summed E-state index contributed by atoms with van der Waals surface area (Å²) in [5.74, 6) is 1.35. The number of anilines is 1. The largest absolute Gasteiger partial charge is 0.377 e. The van der Waals surface area contributed by atoms with Gasteiger partial charge in [0, 0.05) is 52.4 Å².